The molecule has 4 nitrogen and oxygen atoms in total. The first-order valence-electron chi connectivity index (χ1n) is 7.53. The molecule has 0 aliphatic rings. The maximum Gasteiger partial charge on any atom is 0.326 e. The fraction of sp³-hybridized carbons (Fsp3) is 0.933. The molecule has 2 atom stereocenters. The molecule has 0 aliphatic carbocycles. The first-order valence-corrected chi connectivity index (χ1v) is 7.53. The van der Waals surface area contributed by atoms with Gasteiger partial charge < -0.3 is 15.0 Å². The van der Waals surface area contributed by atoms with Gasteiger partial charge in [-0.1, -0.05) is 13.8 Å². The van der Waals surface area contributed by atoms with Crippen LogP contribution in [-0.2, 0) is 9.53 Å². The summed E-state index contributed by atoms with van der Waals surface area (Å²) in [6.07, 6.45) is 2.95. The lowest BCUT2D eigenvalue weighted by Gasteiger charge is -2.30. The van der Waals surface area contributed by atoms with Gasteiger partial charge in [0.2, 0.25) is 0 Å². The maximum atomic E-state index is 12.0. The van der Waals surface area contributed by atoms with Crippen molar-refractivity contribution >= 4 is 5.97 Å². The summed E-state index contributed by atoms with van der Waals surface area (Å²) < 4.78 is 5.17. The molecule has 114 valence electrons. The van der Waals surface area contributed by atoms with Gasteiger partial charge in [0.25, 0.3) is 0 Å². The summed E-state index contributed by atoms with van der Waals surface area (Å²) in [4.78, 5) is 14.4. The van der Waals surface area contributed by atoms with Crippen molar-refractivity contribution in [3.8, 4) is 0 Å². The minimum atomic E-state index is -0.555. The summed E-state index contributed by atoms with van der Waals surface area (Å²) in [5.74, 6) is -0.136. The number of ether oxygens (including phenoxy) is 1. The average Bonchev–Trinajstić information content (AvgIpc) is 2.38. The molecular formula is C15H32N2O2. The normalized spacial score (nSPS) is 16.2. The van der Waals surface area contributed by atoms with Crippen molar-refractivity contribution in [3.05, 3.63) is 0 Å². The molecule has 19 heavy (non-hydrogen) atoms. The lowest BCUT2D eigenvalue weighted by Crippen LogP contribution is -2.50. The van der Waals surface area contributed by atoms with E-state index in [1.807, 2.05) is 20.8 Å². The Morgan fingerprint density at radius 2 is 2.00 bits per heavy atom. The molecule has 0 aromatic carbocycles. The van der Waals surface area contributed by atoms with Gasteiger partial charge in [0.15, 0.2) is 0 Å². The summed E-state index contributed by atoms with van der Waals surface area (Å²) in [5.41, 5.74) is -0.555. The van der Waals surface area contributed by atoms with Crippen LogP contribution in [-0.4, -0.2) is 49.2 Å². The number of rotatable bonds is 10. The Labute approximate surface area is 118 Å². The van der Waals surface area contributed by atoms with Crippen LogP contribution in [0.15, 0.2) is 0 Å². The highest BCUT2D eigenvalue weighted by atomic mass is 16.5. The average molecular weight is 272 g/mol. The van der Waals surface area contributed by atoms with Gasteiger partial charge in [-0.25, -0.2) is 0 Å². The molecule has 0 aromatic heterocycles. The van der Waals surface area contributed by atoms with Crippen LogP contribution in [0.2, 0.25) is 0 Å². The molecule has 0 aliphatic heterocycles. The molecule has 0 amide bonds. The summed E-state index contributed by atoms with van der Waals surface area (Å²) in [7, 11) is 2.14. The van der Waals surface area contributed by atoms with Gasteiger partial charge in [0, 0.05) is 6.04 Å². The highest BCUT2D eigenvalue weighted by Crippen LogP contribution is 2.16. The van der Waals surface area contributed by atoms with Gasteiger partial charge in [-0.3, -0.25) is 4.79 Å². The predicted molar refractivity (Wildman–Crippen MR) is 80.3 cm³/mol. The van der Waals surface area contributed by atoms with E-state index in [1.165, 1.54) is 0 Å². The predicted octanol–water partition coefficient (Wildman–Crippen LogP) is 2.43. The lowest BCUT2D eigenvalue weighted by molar-refractivity contribution is -0.150. The smallest absolute Gasteiger partial charge is 0.326 e. The van der Waals surface area contributed by atoms with Gasteiger partial charge in [-0.2, -0.15) is 0 Å². The Kier molecular flexibility index (Phi) is 9.02. The highest BCUT2D eigenvalue weighted by Gasteiger charge is 2.33. The largest absolute Gasteiger partial charge is 0.465 e. The standard InChI is InChI=1S/C15H32N2O2/c1-7-13(4)17(6)12-10-11-15(5,16-8-2)14(18)19-9-3/h13,16H,7-12H2,1-6H3. The Morgan fingerprint density at radius 1 is 1.37 bits per heavy atom. The van der Waals surface area contributed by atoms with Crippen molar-refractivity contribution in [2.24, 2.45) is 0 Å². The topological polar surface area (TPSA) is 41.6 Å². The molecule has 0 aromatic rings. The van der Waals surface area contributed by atoms with Crippen molar-refractivity contribution in [3.63, 3.8) is 0 Å². The molecule has 0 bridgehead atoms. The molecule has 0 fully saturated rings. The van der Waals surface area contributed by atoms with E-state index >= 15 is 0 Å². The van der Waals surface area contributed by atoms with Crippen LogP contribution in [0.3, 0.4) is 0 Å². The number of esters is 1. The van der Waals surface area contributed by atoms with Gasteiger partial charge in [0.1, 0.15) is 5.54 Å². The SMILES string of the molecule is CCNC(C)(CCCN(C)C(C)CC)C(=O)OCC. The third kappa shape index (κ3) is 6.39. The Bertz CT molecular complexity index is 259. The number of likely N-dealkylation sites (N-methyl/N-ethyl adjacent to an activating group) is 1. The fourth-order valence-corrected chi connectivity index (χ4v) is 2.16. The van der Waals surface area contributed by atoms with Gasteiger partial charge >= 0.3 is 5.97 Å². The van der Waals surface area contributed by atoms with Gasteiger partial charge in [-0.05, 0) is 60.2 Å². The van der Waals surface area contributed by atoms with Crippen LogP contribution in [0, 0.1) is 0 Å². The first-order chi connectivity index (χ1) is 8.91. The zero-order valence-electron chi connectivity index (χ0n) is 13.6. The Hall–Kier alpha value is -0.610. The van der Waals surface area contributed by atoms with Crippen molar-refractivity contribution in [2.75, 3.05) is 26.7 Å². The van der Waals surface area contributed by atoms with E-state index in [9.17, 15) is 4.79 Å². The van der Waals surface area contributed by atoms with E-state index in [-0.39, 0.29) is 5.97 Å². The molecule has 0 spiro atoms. The number of nitrogens with zero attached hydrogens (tertiary/aromatic N) is 1. The number of hydrogen-bond acceptors (Lipinski definition) is 4. The zero-order valence-corrected chi connectivity index (χ0v) is 13.6. The second kappa shape index (κ2) is 9.32. The molecule has 0 saturated carbocycles. The minimum Gasteiger partial charge on any atom is -0.465 e. The summed E-state index contributed by atoms with van der Waals surface area (Å²) in [5, 5.41) is 3.27. The van der Waals surface area contributed by atoms with E-state index in [0.717, 1.165) is 32.4 Å². The van der Waals surface area contributed by atoms with E-state index in [1.54, 1.807) is 0 Å². The zero-order chi connectivity index (χ0) is 14.9. The second-order valence-electron chi connectivity index (χ2n) is 5.42. The highest BCUT2D eigenvalue weighted by molar-refractivity contribution is 5.80. The fourth-order valence-electron chi connectivity index (χ4n) is 2.16. The summed E-state index contributed by atoms with van der Waals surface area (Å²) >= 11 is 0. The third-order valence-electron chi connectivity index (χ3n) is 3.82. The van der Waals surface area contributed by atoms with E-state index in [2.05, 4.69) is 31.1 Å². The van der Waals surface area contributed by atoms with Gasteiger partial charge in [-0.15, -0.1) is 0 Å². The van der Waals surface area contributed by atoms with Gasteiger partial charge in [0.05, 0.1) is 6.61 Å². The molecule has 0 saturated heterocycles. The lowest BCUT2D eigenvalue weighted by atomic mass is 9.95. The van der Waals surface area contributed by atoms with Crippen molar-refractivity contribution in [1.82, 2.24) is 10.2 Å². The molecule has 0 heterocycles. The van der Waals surface area contributed by atoms with E-state index < -0.39 is 5.54 Å². The van der Waals surface area contributed by atoms with Crippen LogP contribution in [0.25, 0.3) is 0 Å². The number of carbonyl (C=O) groups is 1. The minimum absolute atomic E-state index is 0.136. The number of hydrogen-bond donors (Lipinski definition) is 1. The Balaban J connectivity index is 4.31. The van der Waals surface area contributed by atoms with Crippen molar-refractivity contribution in [2.45, 2.75) is 65.5 Å². The third-order valence-corrected chi connectivity index (χ3v) is 3.82. The van der Waals surface area contributed by atoms with Crippen LogP contribution in [0.5, 0.6) is 0 Å². The number of carbonyl (C=O) groups excluding carboxylic acids is 1. The Morgan fingerprint density at radius 3 is 2.47 bits per heavy atom. The molecule has 1 N–H and O–H groups in total. The van der Waals surface area contributed by atoms with Crippen molar-refractivity contribution < 1.29 is 9.53 Å². The second-order valence-corrected chi connectivity index (χ2v) is 5.42. The maximum absolute atomic E-state index is 12.0. The van der Waals surface area contributed by atoms with E-state index in [4.69, 9.17) is 4.74 Å². The first kappa shape index (κ1) is 18.4. The van der Waals surface area contributed by atoms with Crippen LogP contribution >= 0.6 is 0 Å². The molecule has 4 heteroatoms. The molecular weight excluding hydrogens is 240 g/mol. The molecule has 2 unspecified atom stereocenters. The van der Waals surface area contributed by atoms with Crippen molar-refractivity contribution in [1.29, 1.82) is 0 Å². The quantitative estimate of drug-likeness (QED) is 0.620. The summed E-state index contributed by atoms with van der Waals surface area (Å²) in [6.45, 7) is 12.5. The number of nitrogens with one attached hydrogen (secondary N) is 1. The van der Waals surface area contributed by atoms with Crippen LogP contribution < -0.4 is 5.32 Å². The molecule has 0 radical (unpaired) electrons. The summed E-state index contributed by atoms with van der Waals surface area (Å²) in [6, 6.07) is 0.591. The monoisotopic (exact) mass is 272 g/mol. The van der Waals surface area contributed by atoms with Crippen LogP contribution in [0.1, 0.15) is 53.9 Å². The molecule has 0 rings (SSSR count). The van der Waals surface area contributed by atoms with Crippen LogP contribution in [0.4, 0.5) is 0 Å². The van der Waals surface area contributed by atoms with E-state index in [0.29, 0.717) is 12.6 Å².